The van der Waals surface area contributed by atoms with Crippen molar-refractivity contribution in [1.29, 1.82) is 0 Å². The summed E-state index contributed by atoms with van der Waals surface area (Å²) in [6.45, 7) is 2.06. The van der Waals surface area contributed by atoms with Crippen LogP contribution in [0.3, 0.4) is 0 Å². The van der Waals surface area contributed by atoms with E-state index in [1.807, 2.05) is 11.6 Å². The van der Waals surface area contributed by atoms with Gasteiger partial charge in [-0.1, -0.05) is 39.3 Å². The van der Waals surface area contributed by atoms with Crippen LogP contribution in [0.1, 0.15) is 6.92 Å². The third kappa shape index (κ3) is 2.29. The van der Waals surface area contributed by atoms with Crippen molar-refractivity contribution in [1.82, 2.24) is 0 Å². The summed E-state index contributed by atoms with van der Waals surface area (Å²) in [5, 5.41) is 2.03. The Kier molecular flexibility index (Phi) is 3.27. The SMILES string of the molecule is CC(Br)C1=CSC(Cl)N=C1. The number of hydrogen-bond acceptors (Lipinski definition) is 2. The second-order valence-electron chi connectivity index (χ2n) is 1.94. The molecule has 4 heteroatoms. The van der Waals surface area contributed by atoms with Crippen molar-refractivity contribution >= 4 is 45.5 Å². The van der Waals surface area contributed by atoms with Crippen LogP contribution in [0, 0.1) is 0 Å². The zero-order chi connectivity index (χ0) is 7.56. The van der Waals surface area contributed by atoms with Crippen LogP contribution < -0.4 is 0 Å². The van der Waals surface area contributed by atoms with Crippen LogP contribution in [0.25, 0.3) is 0 Å². The van der Waals surface area contributed by atoms with Gasteiger partial charge in [0.05, 0.1) is 0 Å². The Bertz CT molecular complexity index is 179. The highest BCUT2D eigenvalue weighted by molar-refractivity contribution is 9.09. The van der Waals surface area contributed by atoms with E-state index in [0.29, 0.717) is 4.83 Å². The minimum absolute atomic E-state index is 0.130. The van der Waals surface area contributed by atoms with Crippen LogP contribution in [-0.4, -0.2) is 15.9 Å². The summed E-state index contributed by atoms with van der Waals surface area (Å²) < 4.78 is 0. The smallest absolute Gasteiger partial charge is 0.173 e. The molecule has 1 aliphatic heterocycles. The van der Waals surface area contributed by atoms with Gasteiger partial charge in [0.15, 0.2) is 4.83 Å². The summed E-state index contributed by atoms with van der Waals surface area (Å²) in [5.74, 6) is 0. The quantitative estimate of drug-likeness (QED) is 0.507. The average Bonchev–Trinajstić information content (AvgIpc) is 1.88. The number of halogens is 2. The molecule has 0 fully saturated rings. The van der Waals surface area contributed by atoms with Gasteiger partial charge < -0.3 is 0 Å². The molecule has 1 aliphatic rings. The van der Waals surface area contributed by atoms with E-state index in [-0.39, 0.29) is 4.83 Å². The second kappa shape index (κ2) is 3.79. The van der Waals surface area contributed by atoms with Gasteiger partial charge in [0.25, 0.3) is 0 Å². The Morgan fingerprint density at radius 1 is 1.90 bits per heavy atom. The molecule has 10 heavy (non-hydrogen) atoms. The summed E-state index contributed by atoms with van der Waals surface area (Å²) in [4.78, 5) is 4.28. The molecule has 0 bridgehead atoms. The lowest BCUT2D eigenvalue weighted by atomic mass is 10.2. The first kappa shape index (κ1) is 8.62. The molecule has 0 spiro atoms. The molecular formula is C6H7BrClNS. The number of thioether (sulfide) groups is 1. The van der Waals surface area contributed by atoms with E-state index in [9.17, 15) is 0 Å². The van der Waals surface area contributed by atoms with Crippen LogP contribution in [0.4, 0.5) is 0 Å². The minimum atomic E-state index is -0.130. The van der Waals surface area contributed by atoms with Crippen LogP contribution in [0.2, 0.25) is 0 Å². The Hall–Kier alpha value is 0.530. The highest BCUT2D eigenvalue weighted by atomic mass is 79.9. The van der Waals surface area contributed by atoms with E-state index >= 15 is 0 Å². The highest BCUT2D eigenvalue weighted by Gasteiger charge is 2.09. The first-order valence-electron chi connectivity index (χ1n) is 2.87. The fourth-order valence-electron chi connectivity index (χ4n) is 0.541. The van der Waals surface area contributed by atoms with Gasteiger partial charge in [-0.05, 0) is 17.9 Å². The Labute approximate surface area is 78.1 Å². The predicted octanol–water partition coefficient (Wildman–Crippen LogP) is 2.99. The summed E-state index contributed by atoms with van der Waals surface area (Å²) in [5.41, 5.74) is 1.18. The van der Waals surface area contributed by atoms with E-state index in [4.69, 9.17) is 11.6 Å². The number of alkyl halides is 2. The van der Waals surface area contributed by atoms with Crippen molar-refractivity contribution in [3.8, 4) is 0 Å². The molecule has 0 amide bonds. The van der Waals surface area contributed by atoms with Crippen molar-refractivity contribution in [3.05, 3.63) is 11.0 Å². The molecule has 0 aromatic carbocycles. The van der Waals surface area contributed by atoms with Crippen LogP contribution in [0.15, 0.2) is 16.0 Å². The molecule has 0 N–H and O–H groups in total. The van der Waals surface area contributed by atoms with E-state index in [1.165, 1.54) is 17.3 Å². The molecule has 56 valence electrons. The topological polar surface area (TPSA) is 12.4 Å². The van der Waals surface area contributed by atoms with Crippen molar-refractivity contribution in [2.45, 2.75) is 16.6 Å². The lowest BCUT2D eigenvalue weighted by Gasteiger charge is -2.10. The maximum absolute atomic E-state index is 5.69. The van der Waals surface area contributed by atoms with E-state index in [1.54, 1.807) is 0 Å². The van der Waals surface area contributed by atoms with Crippen molar-refractivity contribution in [3.63, 3.8) is 0 Å². The summed E-state index contributed by atoms with van der Waals surface area (Å²) in [6.07, 6.45) is 1.81. The molecule has 2 atom stereocenters. The van der Waals surface area contributed by atoms with Gasteiger partial charge in [-0.2, -0.15) is 0 Å². The van der Waals surface area contributed by atoms with E-state index < -0.39 is 0 Å². The molecule has 1 rings (SSSR count). The summed E-state index contributed by atoms with van der Waals surface area (Å²) in [7, 11) is 0. The lowest BCUT2D eigenvalue weighted by molar-refractivity contribution is 1.20. The van der Waals surface area contributed by atoms with Crippen LogP contribution in [-0.2, 0) is 0 Å². The normalized spacial score (nSPS) is 27.9. The van der Waals surface area contributed by atoms with Gasteiger partial charge >= 0.3 is 0 Å². The fraction of sp³-hybridized carbons (Fsp3) is 0.500. The van der Waals surface area contributed by atoms with Crippen molar-refractivity contribution in [2.75, 3.05) is 0 Å². The van der Waals surface area contributed by atoms with Gasteiger partial charge in [-0.15, -0.1) is 0 Å². The molecule has 1 heterocycles. The van der Waals surface area contributed by atoms with E-state index in [0.717, 1.165) is 0 Å². The zero-order valence-corrected chi connectivity index (χ0v) is 8.58. The summed E-state index contributed by atoms with van der Waals surface area (Å²) in [6, 6.07) is 0. The second-order valence-corrected chi connectivity index (χ2v) is 4.94. The van der Waals surface area contributed by atoms with E-state index in [2.05, 4.69) is 27.8 Å². The molecule has 0 saturated carbocycles. The Morgan fingerprint density at radius 2 is 2.60 bits per heavy atom. The zero-order valence-electron chi connectivity index (χ0n) is 5.42. The molecular weight excluding hydrogens is 233 g/mol. The molecule has 0 radical (unpaired) electrons. The first-order chi connectivity index (χ1) is 4.70. The minimum Gasteiger partial charge on any atom is -0.262 e. The molecule has 0 saturated heterocycles. The van der Waals surface area contributed by atoms with Gasteiger partial charge in [-0.25, -0.2) is 0 Å². The largest absolute Gasteiger partial charge is 0.262 e. The number of rotatable bonds is 1. The van der Waals surface area contributed by atoms with Crippen LogP contribution in [0.5, 0.6) is 0 Å². The molecule has 0 aromatic rings. The lowest BCUT2D eigenvalue weighted by Crippen LogP contribution is -2.03. The van der Waals surface area contributed by atoms with Gasteiger partial charge in [0.1, 0.15) is 0 Å². The highest BCUT2D eigenvalue weighted by Crippen LogP contribution is 2.25. The Balaban J connectivity index is 2.59. The third-order valence-electron chi connectivity index (χ3n) is 1.12. The maximum Gasteiger partial charge on any atom is 0.173 e. The maximum atomic E-state index is 5.69. The van der Waals surface area contributed by atoms with Crippen LogP contribution >= 0.6 is 39.3 Å². The monoisotopic (exact) mass is 239 g/mol. The molecule has 0 aromatic heterocycles. The number of hydrogen-bond donors (Lipinski definition) is 0. The van der Waals surface area contributed by atoms with Gasteiger partial charge in [0.2, 0.25) is 0 Å². The molecule has 2 unspecified atom stereocenters. The number of allylic oxidation sites excluding steroid dienone is 1. The molecule has 0 aliphatic carbocycles. The van der Waals surface area contributed by atoms with Crippen molar-refractivity contribution in [2.24, 2.45) is 4.99 Å². The van der Waals surface area contributed by atoms with Gasteiger partial charge in [0, 0.05) is 11.0 Å². The van der Waals surface area contributed by atoms with Crippen molar-refractivity contribution < 1.29 is 0 Å². The Morgan fingerprint density at radius 3 is 3.00 bits per heavy atom. The summed E-state index contributed by atoms with van der Waals surface area (Å²) >= 11 is 10.7. The average molecular weight is 241 g/mol. The predicted molar refractivity (Wildman–Crippen MR) is 52.2 cm³/mol. The standard InChI is InChI=1S/C6H7BrClNS/c1-4(7)5-2-9-6(8)10-3-5/h2-4,6H,1H3. The third-order valence-corrected chi connectivity index (χ3v) is 2.82. The number of nitrogens with zero attached hydrogens (tertiary/aromatic N) is 1. The fourth-order valence-corrected chi connectivity index (χ4v) is 1.84. The molecule has 1 nitrogen and oxygen atoms in total. The number of aliphatic imine (C=N–C) groups is 1. The first-order valence-corrected chi connectivity index (χ1v) is 5.16. The van der Waals surface area contributed by atoms with Gasteiger partial charge in [-0.3, -0.25) is 4.99 Å².